The number of nitrogens with two attached hydrogens (primary N) is 1. The fourth-order valence-electron chi connectivity index (χ4n) is 4.47. The number of H-pyrrole nitrogens is 1. The van der Waals surface area contributed by atoms with Gasteiger partial charge in [0, 0.05) is 16.6 Å². The number of pyridine rings is 1. The Hall–Kier alpha value is -3.66. The van der Waals surface area contributed by atoms with Gasteiger partial charge in [0.2, 0.25) is 5.91 Å². The number of alkyl halides is 3. The standard InChI is InChI=1S/C26H26F3N3O4/c1-2-5-21(30)25(35)36-13-16-12-19(23(33)31-16)14-8-9-15-11-22(32-24(34)18(15)10-14)17-6-3-4-7-20(17)26(27,28)29/h3-4,6-11,16,19,21H,2,5,12-13,30H2,1H3,(H,31,33)(H,32,34)/t16?,19-,21+/m1/s1. The zero-order valence-corrected chi connectivity index (χ0v) is 19.5. The van der Waals surface area contributed by atoms with E-state index in [9.17, 15) is 27.6 Å². The Balaban J connectivity index is 1.56. The minimum absolute atomic E-state index is 0.00533. The fraction of sp³-hybridized carbons (Fsp3) is 0.346. The van der Waals surface area contributed by atoms with Crippen LogP contribution in [0.5, 0.6) is 0 Å². The maximum absolute atomic E-state index is 13.5. The second-order valence-electron chi connectivity index (χ2n) is 8.92. The summed E-state index contributed by atoms with van der Waals surface area (Å²) in [6, 6.07) is 10.3. The summed E-state index contributed by atoms with van der Waals surface area (Å²) in [7, 11) is 0. The minimum atomic E-state index is -4.58. The molecule has 1 fully saturated rings. The highest BCUT2D eigenvalue weighted by Crippen LogP contribution is 2.37. The Kier molecular flexibility index (Phi) is 7.16. The van der Waals surface area contributed by atoms with E-state index in [0.717, 1.165) is 12.5 Å². The molecule has 0 aliphatic carbocycles. The molecule has 1 aliphatic heterocycles. The predicted octanol–water partition coefficient (Wildman–Crippen LogP) is 3.86. The van der Waals surface area contributed by atoms with Gasteiger partial charge < -0.3 is 20.8 Å². The van der Waals surface area contributed by atoms with Crippen molar-refractivity contribution < 1.29 is 27.5 Å². The number of rotatable bonds is 7. The van der Waals surface area contributed by atoms with Crippen molar-refractivity contribution in [2.24, 2.45) is 5.73 Å². The van der Waals surface area contributed by atoms with Crippen molar-refractivity contribution in [3.05, 3.63) is 70.0 Å². The molecular formula is C26H26F3N3O4. The van der Waals surface area contributed by atoms with Gasteiger partial charge in [0.1, 0.15) is 12.6 Å². The molecule has 1 aliphatic rings. The van der Waals surface area contributed by atoms with Gasteiger partial charge in [0.25, 0.3) is 5.56 Å². The monoisotopic (exact) mass is 501 g/mol. The zero-order valence-electron chi connectivity index (χ0n) is 19.5. The van der Waals surface area contributed by atoms with Gasteiger partial charge in [0.05, 0.1) is 17.5 Å². The normalized spacial score (nSPS) is 18.8. The van der Waals surface area contributed by atoms with Crippen LogP contribution in [0.15, 0.2) is 53.3 Å². The van der Waals surface area contributed by atoms with Crippen molar-refractivity contribution in [1.29, 1.82) is 0 Å². The van der Waals surface area contributed by atoms with Crippen molar-refractivity contribution in [2.45, 2.75) is 50.4 Å². The van der Waals surface area contributed by atoms with Crippen LogP contribution in [0.4, 0.5) is 13.2 Å². The average molecular weight is 502 g/mol. The number of carbonyl (C=O) groups excluding carboxylic acids is 2. The number of esters is 1. The number of fused-ring (bicyclic) bond motifs is 1. The van der Waals surface area contributed by atoms with E-state index < -0.39 is 41.3 Å². The van der Waals surface area contributed by atoms with Crippen LogP contribution in [0, 0.1) is 0 Å². The molecular weight excluding hydrogens is 475 g/mol. The maximum Gasteiger partial charge on any atom is 0.417 e. The number of nitrogens with one attached hydrogen (secondary N) is 2. The molecule has 0 saturated carbocycles. The van der Waals surface area contributed by atoms with E-state index in [2.05, 4.69) is 10.3 Å². The van der Waals surface area contributed by atoms with Gasteiger partial charge in [0.15, 0.2) is 0 Å². The predicted molar refractivity (Wildman–Crippen MR) is 128 cm³/mol. The average Bonchev–Trinajstić information content (AvgIpc) is 3.22. The number of aromatic nitrogens is 1. The van der Waals surface area contributed by atoms with E-state index in [1.54, 1.807) is 18.2 Å². The third kappa shape index (κ3) is 5.28. The molecule has 1 saturated heterocycles. The lowest BCUT2D eigenvalue weighted by molar-refractivity contribution is -0.146. The minimum Gasteiger partial charge on any atom is -0.462 e. The maximum atomic E-state index is 13.5. The molecule has 190 valence electrons. The summed E-state index contributed by atoms with van der Waals surface area (Å²) >= 11 is 0. The second kappa shape index (κ2) is 10.1. The Morgan fingerprint density at radius 3 is 2.64 bits per heavy atom. The first-order chi connectivity index (χ1) is 17.1. The molecule has 10 heteroatoms. The van der Waals surface area contributed by atoms with Crippen LogP contribution in [-0.2, 0) is 20.5 Å². The molecule has 3 atom stereocenters. The van der Waals surface area contributed by atoms with Gasteiger partial charge >= 0.3 is 12.1 Å². The molecule has 0 radical (unpaired) electrons. The van der Waals surface area contributed by atoms with E-state index in [1.165, 1.54) is 24.3 Å². The highest BCUT2D eigenvalue weighted by atomic mass is 19.4. The van der Waals surface area contributed by atoms with Crippen LogP contribution in [0.1, 0.15) is 43.2 Å². The first-order valence-electron chi connectivity index (χ1n) is 11.6. The lowest BCUT2D eigenvalue weighted by atomic mass is 9.93. The lowest BCUT2D eigenvalue weighted by Crippen LogP contribution is -2.36. The molecule has 1 amide bonds. The number of ether oxygens (including phenoxy) is 1. The van der Waals surface area contributed by atoms with Crippen LogP contribution in [0.3, 0.4) is 0 Å². The third-order valence-electron chi connectivity index (χ3n) is 6.31. The molecule has 4 rings (SSSR count). The molecule has 7 nitrogen and oxygen atoms in total. The quantitative estimate of drug-likeness (QED) is 0.426. The molecule has 1 unspecified atom stereocenters. The van der Waals surface area contributed by atoms with E-state index in [4.69, 9.17) is 10.5 Å². The molecule has 2 heterocycles. The molecule has 3 aromatic rings. The number of hydrogen-bond acceptors (Lipinski definition) is 5. The van der Waals surface area contributed by atoms with Crippen molar-refractivity contribution in [3.8, 4) is 11.3 Å². The van der Waals surface area contributed by atoms with Crippen LogP contribution in [0.25, 0.3) is 22.0 Å². The fourth-order valence-corrected chi connectivity index (χ4v) is 4.47. The van der Waals surface area contributed by atoms with E-state index in [0.29, 0.717) is 23.8 Å². The molecule has 4 N–H and O–H groups in total. The van der Waals surface area contributed by atoms with Crippen LogP contribution in [-0.4, -0.2) is 35.6 Å². The van der Waals surface area contributed by atoms with Gasteiger partial charge in [-0.15, -0.1) is 0 Å². The van der Waals surface area contributed by atoms with Crippen molar-refractivity contribution >= 4 is 22.6 Å². The number of carbonyl (C=O) groups is 2. The van der Waals surface area contributed by atoms with Crippen molar-refractivity contribution in [1.82, 2.24) is 10.3 Å². The Morgan fingerprint density at radius 1 is 1.17 bits per heavy atom. The SMILES string of the molecule is CCC[C@H](N)C(=O)OCC1C[C@H](c2ccc3cc(-c4ccccc4C(F)(F)F)[nH]c(=O)c3c2)C(=O)N1. The molecule has 0 spiro atoms. The number of hydrogen-bond donors (Lipinski definition) is 3. The summed E-state index contributed by atoms with van der Waals surface area (Å²) in [5.74, 6) is -1.34. The van der Waals surface area contributed by atoms with Gasteiger partial charge in [-0.3, -0.25) is 14.4 Å². The van der Waals surface area contributed by atoms with Gasteiger partial charge in [-0.2, -0.15) is 13.2 Å². The summed E-state index contributed by atoms with van der Waals surface area (Å²) in [5, 5.41) is 3.50. The number of halogens is 3. The highest BCUT2D eigenvalue weighted by Gasteiger charge is 2.35. The number of aromatic amines is 1. The Labute approximate surface area is 204 Å². The highest BCUT2D eigenvalue weighted by molar-refractivity contribution is 5.90. The van der Waals surface area contributed by atoms with Crippen LogP contribution in [0.2, 0.25) is 0 Å². The lowest BCUT2D eigenvalue weighted by Gasteiger charge is -2.14. The number of amides is 1. The summed E-state index contributed by atoms with van der Waals surface area (Å²) in [6.07, 6.45) is -2.97. The van der Waals surface area contributed by atoms with E-state index in [1.807, 2.05) is 6.92 Å². The van der Waals surface area contributed by atoms with Gasteiger partial charge in [-0.1, -0.05) is 43.7 Å². The Bertz CT molecular complexity index is 1350. The van der Waals surface area contributed by atoms with Gasteiger partial charge in [-0.25, -0.2) is 0 Å². The molecule has 36 heavy (non-hydrogen) atoms. The summed E-state index contributed by atoms with van der Waals surface area (Å²) in [5.41, 5.74) is 4.86. The van der Waals surface area contributed by atoms with Crippen LogP contribution >= 0.6 is 0 Å². The second-order valence-corrected chi connectivity index (χ2v) is 8.92. The largest absolute Gasteiger partial charge is 0.462 e. The molecule has 1 aromatic heterocycles. The van der Waals surface area contributed by atoms with Crippen molar-refractivity contribution in [3.63, 3.8) is 0 Å². The topological polar surface area (TPSA) is 114 Å². The summed E-state index contributed by atoms with van der Waals surface area (Å²) in [4.78, 5) is 39.9. The first-order valence-corrected chi connectivity index (χ1v) is 11.6. The summed E-state index contributed by atoms with van der Waals surface area (Å²) < 4.78 is 45.6. The van der Waals surface area contributed by atoms with E-state index >= 15 is 0 Å². The van der Waals surface area contributed by atoms with Crippen LogP contribution < -0.4 is 16.6 Å². The first kappa shape index (κ1) is 25.4. The zero-order chi connectivity index (χ0) is 26.0. The molecule has 2 aromatic carbocycles. The summed E-state index contributed by atoms with van der Waals surface area (Å²) in [6.45, 7) is 1.90. The van der Waals surface area contributed by atoms with E-state index in [-0.39, 0.29) is 29.2 Å². The smallest absolute Gasteiger partial charge is 0.417 e. The van der Waals surface area contributed by atoms with Crippen molar-refractivity contribution in [2.75, 3.05) is 6.61 Å². The molecule has 0 bridgehead atoms. The number of benzene rings is 2. The van der Waals surface area contributed by atoms with Gasteiger partial charge in [-0.05, 0) is 42.0 Å². The Morgan fingerprint density at radius 2 is 1.92 bits per heavy atom. The third-order valence-corrected chi connectivity index (χ3v) is 6.31.